The summed E-state index contributed by atoms with van der Waals surface area (Å²) in [5.74, 6) is 0. The molecule has 0 aliphatic rings. The molecule has 0 spiro atoms. The predicted octanol–water partition coefficient (Wildman–Crippen LogP) is 1.56. The maximum atomic E-state index is 5.85. The Morgan fingerprint density at radius 1 is 1.36 bits per heavy atom. The topological polar surface area (TPSA) is 52.0 Å². The van der Waals surface area contributed by atoms with Gasteiger partial charge in [0.15, 0.2) is 0 Å². The average molecular weight is 171 g/mol. The van der Waals surface area contributed by atoms with Crippen LogP contribution in [0.5, 0.6) is 0 Å². The van der Waals surface area contributed by atoms with Crippen LogP contribution in [0.2, 0.25) is 5.02 Å². The Morgan fingerprint density at radius 2 is 2.00 bits per heavy atom. The molecule has 60 valence electrons. The molecule has 0 fully saturated rings. The average Bonchev–Trinajstić information content (AvgIpc) is 1.94. The summed E-state index contributed by atoms with van der Waals surface area (Å²) in [6.45, 7) is 1.91. The van der Waals surface area contributed by atoms with Gasteiger partial charge in [-0.25, -0.2) is 0 Å². The van der Waals surface area contributed by atoms with Gasteiger partial charge < -0.3 is 11.5 Å². The molecule has 0 amide bonds. The highest BCUT2D eigenvalue weighted by molar-refractivity contribution is 6.31. The van der Waals surface area contributed by atoms with E-state index < -0.39 is 6.17 Å². The van der Waals surface area contributed by atoms with Crippen LogP contribution in [0.3, 0.4) is 0 Å². The van der Waals surface area contributed by atoms with Crippen LogP contribution in [0.15, 0.2) is 18.2 Å². The minimum absolute atomic E-state index is 0.436. The van der Waals surface area contributed by atoms with Gasteiger partial charge in [0.1, 0.15) is 0 Å². The minimum Gasteiger partial charge on any atom is -0.312 e. The van der Waals surface area contributed by atoms with E-state index in [1.807, 2.05) is 25.1 Å². The molecule has 0 atom stereocenters. The van der Waals surface area contributed by atoms with Gasteiger partial charge in [0.05, 0.1) is 6.17 Å². The SMILES string of the molecule is Cc1c(Cl)cccc1C(N)N. The van der Waals surface area contributed by atoms with Crippen molar-refractivity contribution in [1.29, 1.82) is 0 Å². The molecule has 4 N–H and O–H groups in total. The summed E-state index contributed by atoms with van der Waals surface area (Å²) in [5.41, 5.74) is 12.9. The lowest BCUT2D eigenvalue weighted by Gasteiger charge is -2.09. The van der Waals surface area contributed by atoms with Gasteiger partial charge in [-0.15, -0.1) is 0 Å². The first-order chi connectivity index (χ1) is 5.13. The van der Waals surface area contributed by atoms with Gasteiger partial charge >= 0.3 is 0 Å². The van der Waals surface area contributed by atoms with E-state index in [4.69, 9.17) is 23.1 Å². The lowest BCUT2D eigenvalue weighted by molar-refractivity contribution is 0.767. The van der Waals surface area contributed by atoms with Crippen molar-refractivity contribution in [3.63, 3.8) is 0 Å². The fourth-order valence-electron chi connectivity index (χ4n) is 0.985. The molecule has 1 rings (SSSR count). The fourth-order valence-corrected chi connectivity index (χ4v) is 1.17. The first-order valence-electron chi connectivity index (χ1n) is 3.39. The molecule has 2 nitrogen and oxygen atoms in total. The van der Waals surface area contributed by atoms with Crippen LogP contribution in [0, 0.1) is 6.92 Å². The van der Waals surface area contributed by atoms with E-state index >= 15 is 0 Å². The number of nitrogens with two attached hydrogens (primary N) is 2. The summed E-state index contributed by atoms with van der Waals surface area (Å²) in [5, 5.41) is 0.711. The number of hydrogen-bond donors (Lipinski definition) is 2. The molecule has 3 heteroatoms. The molecule has 0 radical (unpaired) electrons. The number of benzene rings is 1. The molecule has 0 aliphatic carbocycles. The van der Waals surface area contributed by atoms with Crippen molar-refractivity contribution in [1.82, 2.24) is 0 Å². The maximum Gasteiger partial charge on any atom is 0.0787 e. The van der Waals surface area contributed by atoms with Crippen molar-refractivity contribution in [3.05, 3.63) is 34.3 Å². The molecule has 0 saturated heterocycles. The number of hydrogen-bond acceptors (Lipinski definition) is 2. The number of halogens is 1. The first-order valence-corrected chi connectivity index (χ1v) is 3.77. The van der Waals surface area contributed by atoms with Crippen LogP contribution in [0.25, 0.3) is 0 Å². The summed E-state index contributed by atoms with van der Waals surface area (Å²) in [6.07, 6.45) is -0.436. The predicted molar refractivity (Wildman–Crippen MR) is 47.3 cm³/mol. The summed E-state index contributed by atoms with van der Waals surface area (Å²) in [7, 11) is 0. The van der Waals surface area contributed by atoms with Gasteiger partial charge in [0, 0.05) is 5.02 Å². The van der Waals surface area contributed by atoms with Crippen molar-refractivity contribution in [2.24, 2.45) is 11.5 Å². The minimum atomic E-state index is -0.436. The highest BCUT2D eigenvalue weighted by Gasteiger charge is 2.04. The molecule has 0 heterocycles. The van der Waals surface area contributed by atoms with Gasteiger partial charge in [-0.2, -0.15) is 0 Å². The van der Waals surface area contributed by atoms with E-state index in [9.17, 15) is 0 Å². The van der Waals surface area contributed by atoms with E-state index in [1.54, 1.807) is 0 Å². The molecule has 1 aromatic rings. The Hall–Kier alpha value is -0.570. The van der Waals surface area contributed by atoms with Gasteiger partial charge in [-0.3, -0.25) is 0 Å². The van der Waals surface area contributed by atoms with E-state index in [1.165, 1.54) is 0 Å². The van der Waals surface area contributed by atoms with Crippen molar-refractivity contribution in [2.75, 3.05) is 0 Å². The summed E-state index contributed by atoms with van der Waals surface area (Å²) in [4.78, 5) is 0. The quantitative estimate of drug-likeness (QED) is 0.629. The van der Waals surface area contributed by atoms with Crippen LogP contribution in [0.4, 0.5) is 0 Å². The third kappa shape index (κ3) is 1.71. The van der Waals surface area contributed by atoms with Crippen LogP contribution in [-0.2, 0) is 0 Å². The van der Waals surface area contributed by atoms with Crippen molar-refractivity contribution in [3.8, 4) is 0 Å². The van der Waals surface area contributed by atoms with Gasteiger partial charge in [0.25, 0.3) is 0 Å². The molecular formula is C8H11ClN2. The molecule has 11 heavy (non-hydrogen) atoms. The fraction of sp³-hybridized carbons (Fsp3) is 0.250. The van der Waals surface area contributed by atoms with E-state index in [0.717, 1.165) is 11.1 Å². The van der Waals surface area contributed by atoms with Crippen molar-refractivity contribution >= 4 is 11.6 Å². The Kier molecular flexibility index (Phi) is 2.49. The Morgan fingerprint density at radius 3 is 2.45 bits per heavy atom. The molecule has 0 aliphatic heterocycles. The van der Waals surface area contributed by atoms with Crippen LogP contribution < -0.4 is 11.5 Å². The Balaban J connectivity index is 3.17. The maximum absolute atomic E-state index is 5.85. The zero-order valence-electron chi connectivity index (χ0n) is 6.34. The molecule has 1 aromatic carbocycles. The zero-order chi connectivity index (χ0) is 8.43. The van der Waals surface area contributed by atoms with Gasteiger partial charge in [0.2, 0.25) is 0 Å². The molecular weight excluding hydrogens is 160 g/mol. The van der Waals surface area contributed by atoms with E-state index in [0.29, 0.717) is 5.02 Å². The summed E-state index contributed by atoms with van der Waals surface area (Å²) in [6, 6.07) is 5.55. The van der Waals surface area contributed by atoms with E-state index in [-0.39, 0.29) is 0 Å². The van der Waals surface area contributed by atoms with E-state index in [2.05, 4.69) is 0 Å². The highest BCUT2D eigenvalue weighted by atomic mass is 35.5. The van der Waals surface area contributed by atoms with Crippen molar-refractivity contribution in [2.45, 2.75) is 13.1 Å². The Bertz CT molecular complexity index is 258. The summed E-state index contributed by atoms with van der Waals surface area (Å²) >= 11 is 5.85. The standard InChI is InChI=1S/C8H11ClN2/c1-5-6(8(10)11)3-2-4-7(5)9/h2-4,8H,10-11H2,1H3. The van der Waals surface area contributed by atoms with Crippen LogP contribution >= 0.6 is 11.6 Å². The largest absolute Gasteiger partial charge is 0.312 e. The van der Waals surface area contributed by atoms with Gasteiger partial charge in [-0.1, -0.05) is 23.7 Å². The van der Waals surface area contributed by atoms with Gasteiger partial charge in [-0.05, 0) is 24.1 Å². The molecule has 0 bridgehead atoms. The highest BCUT2D eigenvalue weighted by Crippen LogP contribution is 2.20. The monoisotopic (exact) mass is 170 g/mol. The molecule has 0 aromatic heterocycles. The zero-order valence-corrected chi connectivity index (χ0v) is 7.10. The normalized spacial score (nSPS) is 10.6. The lowest BCUT2D eigenvalue weighted by Crippen LogP contribution is -2.21. The Labute approximate surface area is 71.1 Å². The third-order valence-corrected chi connectivity index (χ3v) is 2.08. The second-order valence-corrected chi connectivity index (χ2v) is 2.89. The first kappa shape index (κ1) is 8.53. The van der Waals surface area contributed by atoms with Crippen LogP contribution in [0.1, 0.15) is 17.3 Å². The third-order valence-electron chi connectivity index (χ3n) is 1.67. The lowest BCUT2D eigenvalue weighted by atomic mass is 10.1. The van der Waals surface area contributed by atoms with Crippen LogP contribution in [-0.4, -0.2) is 0 Å². The summed E-state index contributed by atoms with van der Waals surface area (Å²) < 4.78 is 0. The smallest absolute Gasteiger partial charge is 0.0787 e. The molecule has 0 unspecified atom stereocenters. The van der Waals surface area contributed by atoms with Crippen molar-refractivity contribution < 1.29 is 0 Å². The second kappa shape index (κ2) is 3.22. The molecule has 0 saturated carbocycles. The number of rotatable bonds is 1. The second-order valence-electron chi connectivity index (χ2n) is 2.48.